The van der Waals surface area contributed by atoms with Crippen LogP contribution < -0.4 is 0 Å². The number of benzene rings is 1. The van der Waals surface area contributed by atoms with Gasteiger partial charge in [0.05, 0.1) is 5.75 Å². The minimum atomic E-state index is -2.96. The molecule has 1 aromatic rings. The number of rotatable bonds is 6. The molecule has 18 heavy (non-hydrogen) atoms. The van der Waals surface area contributed by atoms with Gasteiger partial charge in [-0.2, -0.15) is 0 Å². The summed E-state index contributed by atoms with van der Waals surface area (Å²) in [5.41, 5.74) is 3.39. The van der Waals surface area contributed by atoms with Crippen molar-refractivity contribution >= 4 is 15.6 Å². The summed E-state index contributed by atoms with van der Waals surface area (Å²) in [7, 11) is -2.96. The number of sulfone groups is 1. The van der Waals surface area contributed by atoms with Crippen molar-refractivity contribution in [1.29, 1.82) is 0 Å². The van der Waals surface area contributed by atoms with Gasteiger partial charge >= 0.3 is 0 Å². The maximum Gasteiger partial charge on any atom is 0.147 e. The molecule has 0 atom stereocenters. The number of hydrogen-bond acceptors (Lipinski definition) is 3. The molecule has 0 saturated heterocycles. The molecule has 0 N–H and O–H groups in total. The highest BCUT2D eigenvalue weighted by Crippen LogP contribution is 2.11. The Morgan fingerprint density at radius 2 is 1.83 bits per heavy atom. The van der Waals surface area contributed by atoms with E-state index in [2.05, 4.69) is 0 Å². The summed E-state index contributed by atoms with van der Waals surface area (Å²) in [5, 5.41) is 0. The quantitative estimate of drug-likeness (QED) is 0.795. The van der Waals surface area contributed by atoms with Crippen molar-refractivity contribution < 1.29 is 13.2 Å². The minimum absolute atomic E-state index is 0.0890. The van der Waals surface area contributed by atoms with E-state index in [1.54, 1.807) is 0 Å². The summed E-state index contributed by atoms with van der Waals surface area (Å²) >= 11 is 0. The van der Waals surface area contributed by atoms with Crippen LogP contribution in [-0.4, -0.2) is 26.2 Å². The van der Waals surface area contributed by atoms with E-state index in [1.165, 1.54) is 17.4 Å². The highest BCUT2D eigenvalue weighted by molar-refractivity contribution is 7.90. The zero-order valence-corrected chi connectivity index (χ0v) is 12.0. The lowest BCUT2D eigenvalue weighted by molar-refractivity contribution is -0.118. The second-order valence-corrected chi connectivity index (χ2v) is 7.13. The molecule has 0 aliphatic carbocycles. The largest absolute Gasteiger partial charge is 0.299 e. The van der Waals surface area contributed by atoms with Gasteiger partial charge in [0.1, 0.15) is 15.6 Å². The molecule has 1 rings (SSSR count). The normalized spacial score (nSPS) is 11.5. The van der Waals surface area contributed by atoms with Gasteiger partial charge in [-0.25, -0.2) is 8.42 Å². The van der Waals surface area contributed by atoms with Crippen molar-refractivity contribution in [1.82, 2.24) is 0 Å². The number of carbonyl (C=O) groups excluding carboxylic acids is 1. The second kappa shape index (κ2) is 6.14. The standard InChI is InChI=1S/C14H20O3S/c1-11-6-7-13(9-12(11)2)10-14(15)5-4-8-18(3,16)17/h6-7,9H,4-5,8,10H2,1-3H3. The van der Waals surface area contributed by atoms with Crippen LogP contribution in [0.5, 0.6) is 0 Å². The average molecular weight is 268 g/mol. The van der Waals surface area contributed by atoms with Gasteiger partial charge in [-0.1, -0.05) is 18.2 Å². The van der Waals surface area contributed by atoms with Crippen molar-refractivity contribution in [3.05, 3.63) is 34.9 Å². The van der Waals surface area contributed by atoms with Crippen molar-refractivity contribution in [2.75, 3.05) is 12.0 Å². The fourth-order valence-electron chi connectivity index (χ4n) is 1.76. The molecule has 3 nitrogen and oxygen atoms in total. The first kappa shape index (κ1) is 14.9. The van der Waals surface area contributed by atoms with Gasteiger partial charge < -0.3 is 0 Å². The first-order valence-corrected chi connectivity index (χ1v) is 8.09. The summed E-state index contributed by atoms with van der Waals surface area (Å²) in [5.74, 6) is 0.188. The summed E-state index contributed by atoms with van der Waals surface area (Å²) < 4.78 is 21.9. The van der Waals surface area contributed by atoms with Crippen LogP contribution in [0.15, 0.2) is 18.2 Å². The number of Topliss-reactive ketones (excluding diaryl/α,β-unsaturated/α-hetero) is 1. The predicted molar refractivity (Wildman–Crippen MR) is 73.6 cm³/mol. The van der Waals surface area contributed by atoms with Gasteiger partial charge in [0.25, 0.3) is 0 Å². The first-order chi connectivity index (χ1) is 8.28. The topological polar surface area (TPSA) is 51.2 Å². The Balaban J connectivity index is 2.47. The van der Waals surface area contributed by atoms with Crippen LogP contribution in [0.3, 0.4) is 0 Å². The molecule has 1 aromatic carbocycles. The Morgan fingerprint density at radius 3 is 2.39 bits per heavy atom. The molecular weight excluding hydrogens is 248 g/mol. The Hall–Kier alpha value is -1.16. The maximum atomic E-state index is 11.7. The highest BCUT2D eigenvalue weighted by Gasteiger charge is 2.07. The fraction of sp³-hybridized carbons (Fsp3) is 0.500. The molecule has 0 aliphatic heterocycles. The Kier molecular flexibility index (Phi) is 5.08. The summed E-state index contributed by atoms with van der Waals surface area (Å²) in [6, 6.07) is 5.98. The minimum Gasteiger partial charge on any atom is -0.299 e. The Labute approximate surface area is 109 Å². The van der Waals surface area contributed by atoms with Crippen LogP contribution >= 0.6 is 0 Å². The van der Waals surface area contributed by atoms with Crippen molar-refractivity contribution in [3.8, 4) is 0 Å². The second-order valence-electron chi connectivity index (χ2n) is 4.87. The molecule has 0 radical (unpaired) electrons. The molecule has 0 amide bonds. The molecule has 0 fully saturated rings. The van der Waals surface area contributed by atoms with Gasteiger partial charge in [0, 0.05) is 19.1 Å². The summed E-state index contributed by atoms with van der Waals surface area (Å²) in [6.07, 6.45) is 2.34. The molecule has 4 heteroatoms. The Morgan fingerprint density at radius 1 is 1.17 bits per heavy atom. The van der Waals surface area contributed by atoms with E-state index < -0.39 is 9.84 Å². The van der Waals surface area contributed by atoms with E-state index in [1.807, 2.05) is 32.0 Å². The van der Waals surface area contributed by atoms with Gasteiger partial charge in [-0.15, -0.1) is 0 Å². The van der Waals surface area contributed by atoms with Gasteiger partial charge in [-0.05, 0) is 37.0 Å². The molecule has 0 bridgehead atoms. The van der Waals surface area contributed by atoms with E-state index in [0.29, 0.717) is 19.3 Å². The number of hydrogen-bond donors (Lipinski definition) is 0. The molecule has 0 aromatic heterocycles. The lowest BCUT2D eigenvalue weighted by atomic mass is 10.0. The number of carbonyl (C=O) groups is 1. The third-order valence-corrected chi connectivity index (χ3v) is 3.97. The van der Waals surface area contributed by atoms with E-state index >= 15 is 0 Å². The summed E-state index contributed by atoms with van der Waals surface area (Å²) in [4.78, 5) is 11.7. The molecule has 100 valence electrons. The molecule has 0 spiro atoms. The number of ketones is 1. The zero-order valence-electron chi connectivity index (χ0n) is 11.2. The molecular formula is C14H20O3S. The van der Waals surface area contributed by atoms with Crippen LogP contribution in [-0.2, 0) is 21.1 Å². The summed E-state index contributed by atoms with van der Waals surface area (Å²) in [6.45, 7) is 4.06. The van der Waals surface area contributed by atoms with Crippen molar-refractivity contribution in [2.45, 2.75) is 33.1 Å². The van der Waals surface area contributed by atoms with E-state index in [9.17, 15) is 13.2 Å². The highest BCUT2D eigenvalue weighted by atomic mass is 32.2. The van der Waals surface area contributed by atoms with Crippen LogP contribution in [0.4, 0.5) is 0 Å². The molecule has 0 unspecified atom stereocenters. The fourth-order valence-corrected chi connectivity index (χ4v) is 2.43. The van der Waals surface area contributed by atoms with Crippen LogP contribution in [0.2, 0.25) is 0 Å². The van der Waals surface area contributed by atoms with Gasteiger partial charge in [-0.3, -0.25) is 4.79 Å². The van der Waals surface area contributed by atoms with E-state index in [4.69, 9.17) is 0 Å². The van der Waals surface area contributed by atoms with Crippen molar-refractivity contribution in [3.63, 3.8) is 0 Å². The van der Waals surface area contributed by atoms with E-state index in [0.717, 1.165) is 5.56 Å². The van der Waals surface area contributed by atoms with Gasteiger partial charge in [0.15, 0.2) is 0 Å². The Bertz CT molecular complexity index is 530. The lowest BCUT2D eigenvalue weighted by Crippen LogP contribution is -2.08. The van der Waals surface area contributed by atoms with Gasteiger partial charge in [0.2, 0.25) is 0 Å². The SMILES string of the molecule is Cc1ccc(CC(=O)CCCS(C)(=O)=O)cc1C. The zero-order chi connectivity index (χ0) is 13.8. The smallest absolute Gasteiger partial charge is 0.147 e. The third kappa shape index (κ3) is 5.45. The molecule has 0 heterocycles. The average Bonchev–Trinajstić information content (AvgIpc) is 2.21. The third-order valence-electron chi connectivity index (χ3n) is 2.94. The maximum absolute atomic E-state index is 11.7. The van der Waals surface area contributed by atoms with Crippen molar-refractivity contribution in [2.24, 2.45) is 0 Å². The van der Waals surface area contributed by atoms with Crippen LogP contribution in [0.25, 0.3) is 0 Å². The van der Waals surface area contributed by atoms with Crippen LogP contribution in [0.1, 0.15) is 29.5 Å². The first-order valence-electron chi connectivity index (χ1n) is 6.03. The van der Waals surface area contributed by atoms with Crippen LogP contribution in [0, 0.1) is 13.8 Å². The lowest BCUT2D eigenvalue weighted by Gasteiger charge is -2.05. The molecule has 0 aliphatic rings. The molecule has 0 saturated carbocycles. The monoisotopic (exact) mass is 268 g/mol. The predicted octanol–water partition coefficient (Wildman–Crippen LogP) is 2.24. The van der Waals surface area contributed by atoms with E-state index in [-0.39, 0.29) is 11.5 Å². The number of aryl methyl sites for hydroxylation is 2.